The van der Waals surface area contributed by atoms with Crippen molar-refractivity contribution in [2.45, 2.75) is 25.7 Å². The summed E-state index contributed by atoms with van der Waals surface area (Å²) in [5.41, 5.74) is 2.63. The third-order valence-electron chi connectivity index (χ3n) is 4.71. The van der Waals surface area contributed by atoms with Crippen LogP contribution in [0.25, 0.3) is 11.1 Å². The van der Waals surface area contributed by atoms with E-state index < -0.39 is 9.84 Å². The first-order valence-corrected chi connectivity index (χ1v) is 12.1. The van der Waals surface area contributed by atoms with E-state index in [2.05, 4.69) is 41.4 Å². The molecule has 0 aliphatic carbocycles. The van der Waals surface area contributed by atoms with Gasteiger partial charge in [0, 0.05) is 48.4 Å². The van der Waals surface area contributed by atoms with Crippen LogP contribution in [0.1, 0.15) is 20.8 Å². The van der Waals surface area contributed by atoms with Crippen LogP contribution in [0.15, 0.2) is 65.8 Å². The monoisotopic (exact) mass is 454 g/mol. The number of rotatable bonds is 9. The molecule has 0 unspecified atom stereocenters. The molecule has 8 heteroatoms. The molecule has 2 aromatic heterocycles. The van der Waals surface area contributed by atoms with E-state index in [-0.39, 0.29) is 11.2 Å². The van der Waals surface area contributed by atoms with Gasteiger partial charge in [-0.1, -0.05) is 26.8 Å². The topological polar surface area (TPSA) is 93.2 Å². The molecule has 0 bridgehead atoms. The number of hydrogen-bond donors (Lipinski definition) is 2. The van der Waals surface area contributed by atoms with Gasteiger partial charge in [0.15, 0.2) is 9.84 Å². The number of anilines is 2. The second-order valence-corrected chi connectivity index (χ2v) is 10.8. The summed E-state index contributed by atoms with van der Waals surface area (Å²) >= 11 is 0. The number of sulfone groups is 1. The molecule has 0 saturated carbocycles. The number of benzene rings is 1. The standard InChI is InChI=1S/C24H30N4O3S/c1-24(2,3)17-25-12-13-32(29,30)21-7-5-6-20(14-21)28-22-10-8-18(15-26-22)19-9-11-23(31-4)27-16-19/h5-11,14-16,25H,12-13,17H2,1-4H3,(H,26,28). The summed E-state index contributed by atoms with van der Waals surface area (Å²) in [7, 11) is -1.80. The highest BCUT2D eigenvalue weighted by atomic mass is 32.2. The minimum atomic E-state index is -3.38. The van der Waals surface area contributed by atoms with Crippen LogP contribution >= 0.6 is 0 Å². The van der Waals surface area contributed by atoms with Crippen LogP contribution in [0.2, 0.25) is 0 Å². The normalized spacial score (nSPS) is 11.9. The molecule has 2 N–H and O–H groups in total. The van der Waals surface area contributed by atoms with E-state index in [1.807, 2.05) is 24.3 Å². The predicted molar refractivity (Wildman–Crippen MR) is 128 cm³/mol. The van der Waals surface area contributed by atoms with Crippen molar-refractivity contribution in [1.29, 1.82) is 0 Å². The lowest BCUT2D eigenvalue weighted by Gasteiger charge is -2.18. The van der Waals surface area contributed by atoms with Crippen molar-refractivity contribution in [3.05, 3.63) is 60.9 Å². The lowest BCUT2D eigenvalue weighted by molar-refractivity contribution is 0.385. The van der Waals surface area contributed by atoms with Gasteiger partial charge >= 0.3 is 0 Å². The van der Waals surface area contributed by atoms with Gasteiger partial charge in [-0.2, -0.15) is 0 Å². The van der Waals surface area contributed by atoms with E-state index in [0.717, 1.165) is 17.7 Å². The summed E-state index contributed by atoms with van der Waals surface area (Å²) in [6.45, 7) is 7.51. The van der Waals surface area contributed by atoms with Crippen LogP contribution in [0.4, 0.5) is 11.5 Å². The molecule has 32 heavy (non-hydrogen) atoms. The molecule has 0 radical (unpaired) electrons. The number of nitrogens with one attached hydrogen (secondary N) is 2. The van der Waals surface area contributed by atoms with Crippen molar-refractivity contribution in [3.63, 3.8) is 0 Å². The quantitative estimate of drug-likeness (QED) is 0.466. The second-order valence-electron chi connectivity index (χ2n) is 8.73. The number of methoxy groups -OCH3 is 1. The third kappa shape index (κ3) is 6.77. The van der Waals surface area contributed by atoms with Crippen LogP contribution < -0.4 is 15.4 Å². The number of nitrogens with zero attached hydrogens (tertiary/aromatic N) is 2. The van der Waals surface area contributed by atoms with Crippen LogP contribution in [0.5, 0.6) is 5.88 Å². The van der Waals surface area contributed by atoms with Gasteiger partial charge in [0.25, 0.3) is 0 Å². The molecular formula is C24H30N4O3S. The van der Waals surface area contributed by atoms with Crippen LogP contribution in [-0.4, -0.2) is 44.3 Å². The van der Waals surface area contributed by atoms with Gasteiger partial charge in [0.2, 0.25) is 5.88 Å². The van der Waals surface area contributed by atoms with E-state index in [4.69, 9.17) is 4.74 Å². The molecule has 2 heterocycles. The van der Waals surface area contributed by atoms with Crippen LogP contribution in [0.3, 0.4) is 0 Å². The molecule has 0 aliphatic rings. The van der Waals surface area contributed by atoms with Crippen molar-refractivity contribution >= 4 is 21.3 Å². The third-order valence-corrected chi connectivity index (χ3v) is 6.42. The maximum Gasteiger partial charge on any atom is 0.212 e. The molecule has 170 valence electrons. The summed E-state index contributed by atoms with van der Waals surface area (Å²) in [5, 5.41) is 6.39. The minimum Gasteiger partial charge on any atom is -0.481 e. The van der Waals surface area contributed by atoms with Gasteiger partial charge in [-0.3, -0.25) is 0 Å². The molecule has 0 spiro atoms. The first-order valence-electron chi connectivity index (χ1n) is 10.4. The molecule has 0 saturated heterocycles. The fourth-order valence-electron chi connectivity index (χ4n) is 3.01. The average Bonchev–Trinajstić information content (AvgIpc) is 2.77. The lowest BCUT2D eigenvalue weighted by atomic mass is 9.97. The average molecular weight is 455 g/mol. The summed E-state index contributed by atoms with van der Waals surface area (Å²) in [6, 6.07) is 14.3. The van der Waals surface area contributed by atoms with Gasteiger partial charge in [0.05, 0.1) is 17.8 Å². The molecule has 1 aromatic carbocycles. The van der Waals surface area contributed by atoms with Gasteiger partial charge in [-0.25, -0.2) is 18.4 Å². The Hall–Kier alpha value is -2.97. The van der Waals surface area contributed by atoms with Gasteiger partial charge in [-0.05, 0) is 41.8 Å². The second kappa shape index (κ2) is 10.1. The van der Waals surface area contributed by atoms with Crippen molar-refractivity contribution in [1.82, 2.24) is 15.3 Å². The number of aromatic nitrogens is 2. The zero-order chi connectivity index (χ0) is 23.2. The Labute approximate surface area is 190 Å². The zero-order valence-electron chi connectivity index (χ0n) is 18.9. The summed E-state index contributed by atoms with van der Waals surface area (Å²) in [4.78, 5) is 8.94. The van der Waals surface area contributed by atoms with E-state index in [1.165, 1.54) is 0 Å². The van der Waals surface area contributed by atoms with E-state index in [9.17, 15) is 8.42 Å². The van der Waals surface area contributed by atoms with E-state index >= 15 is 0 Å². The summed E-state index contributed by atoms with van der Waals surface area (Å²) < 4.78 is 30.5. The number of ether oxygens (including phenoxy) is 1. The number of hydrogen-bond acceptors (Lipinski definition) is 7. The molecule has 0 atom stereocenters. The Bertz CT molecular complexity index is 1120. The highest BCUT2D eigenvalue weighted by Gasteiger charge is 2.16. The van der Waals surface area contributed by atoms with Gasteiger partial charge in [-0.15, -0.1) is 0 Å². The summed E-state index contributed by atoms with van der Waals surface area (Å²) in [5.74, 6) is 1.23. The highest BCUT2D eigenvalue weighted by Crippen LogP contribution is 2.23. The molecular weight excluding hydrogens is 424 g/mol. The van der Waals surface area contributed by atoms with Crippen molar-refractivity contribution < 1.29 is 13.2 Å². The SMILES string of the molecule is COc1ccc(-c2ccc(Nc3cccc(S(=O)(=O)CCNCC(C)(C)C)c3)nc2)cn1. The lowest BCUT2D eigenvalue weighted by Crippen LogP contribution is -2.31. The molecule has 0 fully saturated rings. The fraction of sp³-hybridized carbons (Fsp3) is 0.333. The van der Waals surface area contributed by atoms with Crippen molar-refractivity contribution in [2.75, 3.05) is 31.3 Å². The number of pyridine rings is 2. The van der Waals surface area contributed by atoms with Gasteiger partial charge in [0.1, 0.15) is 5.82 Å². The first kappa shape index (κ1) is 23.7. The Kier molecular flexibility index (Phi) is 7.48. The zero-order valence-corrected chi connectivity index (χ0v) is 19.7. The van der Waals surface area contributed by atoms with Crippen LogP contribution in [0, 0.1) is 5.41 Å². The van der Waals surface area contributed by atoms with E-state index in [0.29, 0.717) is 28.8 Å². The molecule has 0 aliphatic heterocycles. The van der Waals surface area contributed by atoms with Crippen molar-refractivity contribution in [2.24, 2.45) is 5.41 Å². The Morgan fingerprint density at radius 3 is 2.28 bits per heavy atom. The maximum atomic E-state index is 12.7. The molecule has 3 rings (SSSR count). The molecule has 0 amide bonds. The Morgan fingerprint density at radius 1 is 0.969 bits per heavy atom. The minimum absolute atomic E-state index is 0.0510. The molecule has 7 nitrogen and oxygen atoms in total. The fourth-order valence-corrected chi connectivity index (χ4v) is 4.25. The summed E-state index contributed by atoms with van der Waals surface area (Å²) in [6.07, 6.45) is 3.47. The van der Waals surface area contributed by atoms with Crippen LogP contribution in [-0.2, 0) is 9.84 Å². The predicted octanol–water partition coefficient (Wildman–Crippen LogP) is 4.31. The molecule has 3 aromatic rings. The largest absolute Gasteiger partial charge is 0.481 e. The highest BCUT2D eigenvalue weighted by molar-refractivity contribution is 7.91. The first-order chi connectivity index (χ1) is 15.2. The smallest absolute Gasteiger partial charge is 0.212 e. The Balaban J connectivity index is 1.65. The van der Waals surface area contributed by atoms with Crippen molar-refractivity contribution in [3.8, 4) is 17.0 Å². The van der Waals surface area contributed by atoms with Gasteiger partial charge < -0.3 is 15.4 Å². The van der Waals surface area contributed by atoms with E-state index in [1.54, 1.807) is 43.8 Å². The Morgan fingerprint density at radius 2 is 1.69 bits per heavy atom. The maximum absolute atomic E-state index is 12.7.